The van der Waals surface area contributed by atoms with Gasteiger partial charge in [0.1, 0.15) is 12.4 Å². The fourth-order valence-corrected chi connectivity index (χ4v) is 2.12. The van der Waals surface area contributed by atoms with Gasteiger partial charge in [-0.05, 0) is 36.8 Å². The summed E-state index contributed by atoms with van der Waals surface area (Å²) in [5.41, 5.74) is 2.50. The highest BCUT2D eigenvalue weighted by molar-refractivity contribution is 6.08. The summed E-state index contributed by atoms with van der Waals surface area (Å²) in [4.78, 5) is 14.1. The third kappa shape index (κ3) is 4.48. The first-order chi connectivity index (χ1) is 10.6. The monoisotopic (exact) mass is 295 g/mol. The average molecular weight is 295 g/mol. The van der Waals surface area contributed by atoms with Gasteiger partial charge in [-0.25, -0.2) is 0 Å². The number of carbonyl (C=O) groups excluding carboxylic acids is 1. The molecule has 0 aliphatic heterocycles. The number of benzene rings is 2. The quantitative estimate of drug-likeness (QED) is 0.597. The molecule has 3 nitrogen and oxygen atoms in total. The van der Waals surface area contributed by atoms with Gasteiger partial charge in [0.15, 0.2) is 5.78 Å². The van der Waals surface area contributed by atoms with Gasteiger partial charge in [-0.3, -0.25) is 4.79 Å². The molecule has 0 amide bonds. The van der Waals surface area contributed by atoms with Gasteiger partial charge < -0.3 is 9.64 Å². The van der Waals surface area contributed by atoms with E-state index >= 15 is 0 Å². The third-order valence-electron chi connectivity index (χ3n) is 3.17. The molecule has 0 fully saturated rings. The number of ketones is 1. The molecule has 0 heterocycles. The van der Waals surface area contributed by atoms with Crippen molar-refractivity contribution in [3.05, 3.63) is 77.5 Å². The predicted octanol–water partition coefficient (Wildman–Crippen LogP) is 3.91. The van der Waals surface area contributed by atoms with Crippen molar-refractivity contribution in [2.24, 2.45) is 0 Å². The van der Waals surface area contributed by atoms with Crippen molar-refractivity contribution in [2.45, 2.75) is 13.5 Å². The summed E-state index contributed by atoms with van der Waals surface area (Å²) in [6.07, 6.45) is 1.82. The van der Waals surface area contributed by atoms with Gasteiger partial charge in [-0.1, -0.05) is 30.3 Å². The van der Waals surface area contributed by atoms with Crippen LogP contribution in [0.25, 0.3) is 0 Å². The zero-order valence-electron chi connectivity index (χ0n) is 13.2. The lowest BCUT2D eigenvalue weighted by molar-refractivity contribution is 0.103. The van der Waals surface area contributed by atoms with E-state index in [0.29, 0.717) is 17.7 Å². The Bertz CT molecular complexity index is 643. The van der Waals surface area contributed by atoms with Crippen LogP contribution in [-0.2, 0) is 6.61 Å². The second kappa shape index (κ2) is 7.46. The molecule has 2 aromatic rings. The van der Waals surface area contributed by atoms with Crippen LogP contribution < -0.4 is 4.74 Å². The molecule has 0 radical (unpaired) electrons. The summed E-state index contributed by atoms with van der Waals surface area (Å²) in [5, 5.41) is 0. The standard InChI is InChI=1S/C19H21NO2/c1-15(13-20(2)3)19(21)17-9-11-18(12-10-17)22-14-16-7-5-4-6-8-16/h4-13H,14H2,1-3H3/b15-13+. The zero-order chi connectivity index (χ0) is 15.9. The van der Waals surface area contributed by atoms with Crippen molar-refractivity contribution in [2.75, 3.05) is 14.1 Å². The normalized spacial score (nSPS) is 11.1. The van der Waals surface area contributed by atoms with Crippen molar-refractivity contribution in [3.8, 4) is 5.75 Å². The van der Waals surface area contributed by atoms with E-state index in [4.69, 9.17) is 4.74 Å². The number of hydrogen-bond acceptors (Lipinski definition) is 3. The van der Waals surface area contributed by atoms with Gasteiger partial charge in [0.2, 0.25) is 0 Å². The Labute approximate surface area is 131 Å². The second-order valence-corrected chi connectivity index (χ2v) is 5.40. The Kier molecular flexibility index (Phi) is 5.37. The maximum atomic E-state index is 12.2. The Balaban J connectivity index is 2.00. The molecule has 0 saturated carbocycles. The molecular weight excluding hydrogens is 274 g/mol. The van der Waals surface area contributed by atoms with E-state index in [2.05, 4.69) is 0 Å². The van der Waals surface area contributed by atoms with Gasteiger partial charge in [-0.15, -0.1) is 0 Å². The van der Waals surface area contributed by atoms with Gasteiger partial charge in [0.05, 0.1) is 0 Å². The first-order valence-electron chi connectivity index (χ1n) is 7.22. The maximum Gasteiger partial charge on any atom is 0.190 e. The van der Waals surface area contributed by atoms with Crippen LogP contribution in [0.15, 0.2) is 66.4 Å². The Morgan fingerprint density at radius 3 is 2.27 bits per heavy atom. The van der Waals surface area contributed by atoms with E-state index in [1.807, 2.05) is 74.6 Å². The minimum Gasteiger partial charge on any atom is -0.489 e. The fraction of sp³-hybridized carbons (Fsp3) is 0.211. The first-order valence-corrected chi connectivity index (χ1v) is 7.22. The van der Waals surface area contributed by atoms with Crippen molar-refractivity contribution < 1.29 is 9.53 Å². The average Bonchev–Trinajstić information content (AvgIpc) is 2.53. The van der Waals surface area contributed by atoms with Gasteiger partial charge in [-0.2, -0.15) is 0 Å². The summed E-state index contributed by atoms with van der Waals surface area (Å²) in [7, 11) is 3.80. The van der Waals surface area contributed by atoms with Crippen molar-refractivity contribution in [3.63, 3.8) is 0 Å². The molecule has 3 heteroatoms. The Morgan fingerprint density at radius 1 is 1.05 bits per heavy atom. The highest BCUT2D eigenvalue weighted by atomic mass is 16.5. The minimum atomic E-state index is 0.0308. The van der Waals surface area contributed by atoms with Crippen molar-refractivity contribution >= 4 is 5.78 Å². The molecule has 0 saturated heterocycles. The van der Waals surface area contributed by atoms with Crippen LogP contribution in [0.5, 0.6) is 5.75 Å². The molecule has 0 atom stereocenters. The van der Waals surface area contributed by atoms with Crippen LogP contribution >= 0.6 is 0 Å². The zero-order valence-corrected chi connectivity index (χ0v) is 13.2. The van der Waals surface area contributed by atoms with Gasteiger partial charge in [0, 0.05) is 31.4 Å². The van der Waals surface area contributed by atoms with E-state index in [0.717, 1.165) is 11.3 Å². The second-order valence-electron chi connectivity index (χ2n) is 5.40. The summed E-state index contributed by atoms with van der Waals surface area (Å²) < 4.78 is 5.72. The number of ether oxygens (including phenoxy) is 1. The SMILES string of the molecule is C/C(=C\N(C)C)C(=O)c1ccc(OCc2ccccc2)cc1. The largest absolute Gasteiger partial charge is 0.489 e. The van der Waals surface area contributed by atoms with Crippen LogP contribution in [0.1, 0.15) is 22.8 Å². The van der Waals surface area contributed by atoms with E-state index < -0.39 is 0 Å². The van der Waals surface area contributed by atoms with Crippen molar-refractivity contribution in [1.29, 1.82) is 0 Å². The van der Waals surface area contributed by atoms with Gasteiger partial charge in [0.25, 0.3) is 0 Å². The number of carbonyl (C=O) groups is 1. The van der Waals surface area contributed by atoms with Crippen LogP contribution in [0.2, 0.25) is 0 Å². The molecule has 2 aromatic carbocycles. The number of hydrogen-bond donors (Lipinski definition) is 0. The predicted molar refractivity (Wildman–Crippen MR) is 89.0 cm³/mol. The lowest BCUT2D eigenvalue weighted by Gasteiger charge is -2.09. The van der Waals surface area contributed by atoms with E-state index in [1.54, 1.807) is 12.1 Å². The molecule has 114 valence electrons. The molecule has 0 bridgehead atoms. The lowest BCUT2D eigenvalue weighted by atomic mass is 10.1. The molecule has 22 heavy (non-hydrogen) atoms. The molecule has 0 spiro atoms. The molecule has 0 N–H and O–H groups in total. The van der Waals surface area contributed by atoms with Crippen LogP contribution in [-0.4, -0.2) is 24.8 Å². The topological polar surface area (TPSA) is 29.5 Å². The van der Waals surface area contributed by atoms with Crippen LogP contribution in [0.3, 0.4) is 0 Å². The molecule has 2 rings (SSSR count). The van der Waals surface area contributed by atoms with Gasteiger partial charge >= 0.3 is 0 Å². The van der Waals surface area contributed by atoms with Crippen LogP contribution in [0.4, 0.5) is 0 Å². The smallest absolute Gasteiger partial charge is 0.190 e. The maximum absolute atomic E-state index is 12.2. The molecule has 0 aliphatic carbocycles. The summed E-state index contributed by atoms with van der Waals surface area (Å²) >= 11 is 0. The molecule has 0 aromatic heterocycles. The van der Waals surface area contributed by atoms with Crippen molar-refractivity contribution in [1.82, 2.24) is 4.90 Å². The lowest BCUT2D eigenvalue weighted by Crippen LogP contribution is -2.07. The highest BCUT2D eigenvalue weighted by Crippen LogP contribution is 2.16. The van der Waals surface area contributed by atoms with E-state index in [9.17, 15) is 4.79 Å². The minimum absolute atomic E-state index is 0.0308. The number of rotatable bonds is 6. The number of Topliss-reactive ketones (excluding diaryl/α,β-unsaturated/α-hetero) is 1. The molecule has 0 unspecified atom stereocenters. The first kappa shape index (κ1) is 15.8. The number of allylic oxidation sites excluding steroid dienone is 1. The summed E-state index contributed by atoms with van der Waals surface area (Å²) in [6.45, 7) is 2.34. The highest BCUT2D eigenvalue weighted by Gasteiger charge is 2.08. The van der Waals surface area contributed by atoms with E-state index in [-0.39, 0.29) is 5.78 Å². The molecular formula is C19H21NO2. The fourth-order valence-electron chi connectivity index (χ4n) is 2.12. The van der Waals surface area contributed by atoms with E-state index in [1.165, 1.54) is 0 Å². The number of nitrogens with zero attached hydrogens (tertiary/aromatic N) is 1. The Morgan fingerprint density at radius 2 is 1.68 bits per heavy atom. The molecule has 0 aliphatic rings. The Hall–Kier alpha value is -2.55. The third-order valence-corrected chi connectivity index (χ3v) is 3.17. The summed E-state index contributed by atoms with van der Waals surface area (Å²) in [5.74, 6) is 0.790. The van der Waals surface area contributed by atoms with Crippen LogP contribution in [0, 0.1) is 0 Å². The summed E-state index contributed by atoms with van der Waals surface area (Å²) in [6, 6.07) is 17.3.